The van der Waals surface area contributed by atoms with Gasteiger partial charge in [-0.2, -0.15) is 0 Å². The van der Waals surface area contributed by atoms with Crippen LogP contribution in [0.4, 0.5) is 0 Å². The van der Waals surface area contributed by atoms with E-state index >= 15 is 0 Å². The van der Waals surface area contributed by atoms with Crippen LogP contribution in [0.2, 0.25) is 0 Å². The van der Waals surface area contributed by atoms with Crippen LogP contribution >= 0.6 is 0 Å². The zero-order valence-corrected chi connectivity index (χ0v) is 7.12. The Balaban J connectivity index is 2.35. The van der Waals surface area contributed by atoms with Gasteiger partial charge in [0.05, 0.1) is 0 Å². The Morgan fingerprint density at radius 2 is 2.00 bits per heavy atom. The van der Waals surface area contributed by atoms with Crippen LogP contribution in [0.25, 0.3) is 0 Å². The first-order valence-corrected chi connectivity index (χ1v) is 3.96. The number of hydrogen-bond donors (Lipinski definition) is 0. The summed E-state index contributed by atoms with van der Waals surface area (Å²) in [4.78, 5) is 9.64. The van der Waals surface area contributed by atoms with Gasteiger partial charge >= 0.3 is 6.47 Å². The molecule has 0 aliphatic rings. The summed E-state index contributed by atoms with van der Waals surface area (Å²) in [5.41, 5.74) is 0.970. The third-order valence-electron chi connectivity index (χ3n) is 1.39. The van der Waals surface area contributed by atoms with Crippen molar-refractivity contribution in [2.45, 2.75) is 6.42 Å². The highest BCUT2D eigenvalue weighted by atomic mass is 16.5. The van der Waals surface area contributed by atoms with Gasteiger partial charge in [0.1, 0.15) is 6.61 Å². The summed E-state index contributed by atoms with van der Waals surface area (Å²) in [6, 6.07) is 9.66. The van der Waals surface area contributed by atoms with Crippen LogP contribution in [0.15, 0.2) is 30.3 Å². The molecule has 13 heavy (non-hydrogen) atoms. The van der Waals surface area contributed by atoms with Gasteiger partial charge < -0.3 is 4.74 Å². The van der Waals surface area contributed by atoms with E-state index in [2.05, 4.69) is 16.6 Å². The SMILES string of the molecule is O=[C]OCCC#Cc1ccccc1. The Morgan fingerprint density at radius 1 is 1.23 bits per heavy atom. The smallest absolute Gasteiger partial charge is 0.417 e. The van der Waals surface area contributed by atoms with Gasteiger partial charge in [0.2, 0.25) is 0 Å². The molecule has 0 saturated heterocycles. The molecule has 0 aromatic heterocycles. The molecule has 0 N–H and O–H groups in total. The fourth-order valence-corrected chi connectivity index (χ4v) is 0.830. The number of ether oxygens (including phenoxy) is 1. The molecular weight excluding hydrogens is 164 g/mol. The zero-order valence-electron chi connectivity index (χ0n) is 7.12. The lowest BCUT2D eigenvalue weighted by atomic mass is 10.2. The van der Waals surface area contributed by atoms with E-state index in [9.17, 15) is 4.79 Å². The second-order valence-corrected chi connectivity index (χ2v) is 2.35. The quantitative estimate of drug-likeness (QED) is 0.511. The molecule has 0 bridgehead atoms. The van der Waals surface area contributed by atoms with Crippen LogP contribution in [0, 0.1) is 11.8 Å². The molecule has 1 radical (unpaired) electrons. The molecule has 65 valence electrons. The number of rotatable bonds is 3. The molecule has 0 amide bonds. The first-order chi connectivity index (χ1) is 6.43. The first-order valence-electron chi connectivity index (χ1n) is 3.96. The van der Waals surface area contributed by atoms with E-state index in [4.69, 9.17) is 0 Å². The topological polar surface area (TPSA) is 26.3 Å². The van der Waals surface area contributed by atoms with Gasteiger partial charge in [0.25, 0.3) is 0 Å². The molecule has 0 atom stereocenters. The highest BCUT2D eigenvalue weighted by molar-refractivity contribution is 5.38. The lowest BCUT2D eigenvalue weighted by molar-refractivity contribution is 0.286. The Hall–Kier alpha value is -1.75. The van der Waals surface area contributed by atoms with Crippen molar-refractivity contribution in [2.75, 3.05) is 6.61 Å². The molecule has 0 heterocycles. The zero-order chi connectivity index (χ0) is 9.36. The minimum absolute atomic E-state index is 0.309. The van der Waals surface area contributed by atoms with E-state index in [-0.39, 0.29) is 0 Å². The third kappa shape index (κ3) is 3.97. The molecule has 0 saturated carbocycles. The maximum atomic E-state index is 9.64. The maximum Gasteiger partial charge on any atom is 0.417 e. The van der Waals surface area contributed by atoms with Crippen molar-refractivity contribution >= 4 is 6.47 Å². The van der Waals surface area contributed by atoms with Gasteiger partial charge in [-0.1, -0.05) is 30.0 Å². The van der Waals surface area contributed by atoms with E-state index in [1.54, 1.807) is 0 Å². The second-order valence-electron chi connectivity index (χ2n) is 2.35. The molecule has 0 unspecified atom stereocenters. The summed E-state index contributed by atoms with van der Waals surface area (Å²) in [5.74, 6) is 5.83. The number of carbonyl (C=O) groups excluding carboxylic acids is 1. The minimum atomic E-state index is 0.309. The fraction of sp³-hybridized carbons (Fsp3) is 0.182. The van der Waals surface area contributed by atoms with Gasteiger partial charge in [-0.3, -0.25) is 0 Å². The highest BCUT2D eigenvalue weighted by Crippen LogP contribution is 1.94. The molecule has 1 aromatic rings. The van der Waals surface area contributed by atoms with Crippen LogP contribution in [-0.2, 0) is 9.53 Å². The van der Waals surface area contributed by atoms with E-state index in [0.717, 1.165) is 5.56 Å². The third-order valence-corrected chi connectivity index (χ3v) is 1.39. The van der Waals surface area contributed by atoms with Crippen LogP contribution in [0.3, 0.4) is 0 Å². The largest absolute Gasteiger partial charge is 0.456 e. The summed E-state index contributed by atoms with van der Waals surface area (Å²) in [5, 5.41) is 0. The predicted molar refractivity (Wildman–Crippen MR) is 49.6 cm³/mol. The molecule has 1 rings (SSSR count). The van der Waals surface area contributed by atoms with Gasteiger partial charge in [0.15, 0.2) is 0 Å². The number of hydrogen-bond acceptors (Lipinski definition) is 2. The normalized spacial score (nSPS) is 8.31. The highest BCUT2D eigenvalue weighted by Gasteiger charge is 1.82. The van der Waals surface area contributed by atoms with Gasteiger partial charge in [-0.25, -0.2) is 4.79 Å². The van der Waals surface area contributed by atoms with E-state index in [1.165, 1.54) is 6.47 Å². The van der Waals surface area contributed by atoms with Gasteiger partial charge in [0, 0.05) is 12.0 Å². The summed E-state index contributed by atoms with van der Waals surface area (Å²) in [6.45, 7) is 1.66. The van der Waals surface area contributed by atoms with Crippen molar-refractivity contribution in [3.63, 3.8) is 0 Å². The Labute approximate surface area is 77.5 Å². The monoisotopic (exact) mass is 173 g/mol. The maximum absolute atomic E-state index is 9.64. The average Bonchev–Trinajstić information content (AvgIpc) is 2.19. The molecule has 2 heteroatoms. The lowest BCUT2D eigenvalue weighted by Crippen LogP contribution is -1.88. The van der Waals surface area contributed by atoms with E-state index in [1.807, 2.05) is 30.3 Å². The lowest BCUT2D eigenvalue weighted by Gasteiger charge is -1.88. The minimum Gasteiger partial charge on any atom is -0.456 e. The van der Waals surface area contributed by atoms with Crippen molar-refractivity contribution in [1.29, 1.82) is 0 Å². The van der Waals surface area contributed by atoms with Crippen molar-refractivity contribution < 1.29 is 9.53 Å². The molecule has 0 spiro atoms. The standard InChI is InChI=1S/C11H9O2/c12-10-13-9-5-4-8-11-6-2-1-3-7-11/h1-3,6-7H,5,9H2. The molecule has 0 aliphatic heterocycles. The summed E-state index contributed by atoms with van der Waals surface area (Å²) >= 11 is 0. The number of benzene rings is 1. The van der Waals surface area contributed by atoms with Gasteiger partial charge in [-0.05, 0) is 12.1 Å². The average molecular weight is 173 g/mol. The van der Waals surface area contributed by atoms with Crippen molar-refractivity contribution in [3.8, 4) is 11.8 Å². The summed E-state index contributed by atoms with van der Waals surface area (Å²) in [6.07, 6.45) is 0.546. The van der Waals surface area contributed by atoms with Crippen LogP contribution < -0.4 is 0 Å². The first kappa shape index (κ1) is 9.34. The Bertz CT molecular complexity index is 306. The van der Waals surface area contributed by atoms with Crippen molar-refractivity contribution in [1.82, 2.24) is 0 Å². The van der Waals surface area contributed by atoms with Gasteiger partial charge in [-0.15, -0.1) is 0 Å². The predicted octanol–water partition coefficient (Wildman–Crippen LogP) is 1.51. The Morgan fingerprint density at radius 3 is 2.69 bits per heavy atom. The Kier molecular flexibility index (Phi) is 4.20. The second kappa shape index (κ2) is 5.84. The van der Waals surface area contributed by atoms with Crippen molar-refractivity contribution in [3.05, 3.63) is 35.9 Å². The summed E-state index contributed by atoms with van der Waals surface area (Å²) < 4.78 is 4.36. The van der Waals surface area contributed by atoms with Crippen LogP contribution in [0.1, 0.15) is 12.0 Å². The molecule has 0 aliphatic carbocycles. The van der Waals surface area contributed by atoms with Crippen LogP contribution in [-0.4, -0.2) is 13.1 Å². The van der Waals surface area contributed by atoms with E-state index in [0.29, 0.717) is 13.0 Å². The van der Waals surface area contributed by atoms with Crippen LogP contribution in [0.5, 0.6) is 0 Å². The van der Waals surface area contributed by atoms with E-state index < -0.39 is 0 Å². The fourth-order valence-electron chi connectivity index (χ4n) is 0.830. The summed E-state index contributed by atoms with van der Waals surface area (Å²) in [7, 11) is 0. The van der Waals surface area contributed by atoms with Crippen molar-refractivity contribution in [2.24, 2.45) is 0 Å². The molecule has 0 fully saturated rings. The molecule has 2 nitrogen and oxygen atoms in total. The molecule has 1 aromatic carbocycles. The molecular formula is C11H9O2.